The number of para-hydroxylation sites is 1. The van der Waals surface area contributed by atoms with Crippen molar-refractivity contribution in [1.82, 2.24) is 4.72 Å². The number of carbonyl (C=O) groups is 2. The van der Waals surface area contributed by atoms with Crippen LogP contribution in [-0.4, -0.2) is 20.2 Å². The van der Waals surface area contributed by atoms with Crippen LogP contribution in [-0.2, 0) is 16.6 Å². The van der Waals surface area contributed by atoms with Gasteiger partial charge in [0.05, 0.1) is 5.69 Å². The number of hydrogen-bond donors (Lipinski definition) is 2. The number of nitrogens with one attached hydrogen (secondary N) is 2. The van der Waals surface area contributed by atoms with Crippen LogP contribution in [0.1, 0.15) is 26.3 Å². The molecule has 0 radical (unpaired) electrons. The summed E-state index contributed by atoms with van der Waals surface area (Å²) >= 11 is 0. The van der Waals surface area contributed by atoms with Crippen LogP contribution in [0.3, 0.4) is 0 Å². The van der Waals surface area contributed by atoms with Crippen molar-refractivity contribution in [3.63, 3.8) is 0 Å². The third-order valence-electron chi connectivity index (χ3n) is 5.43. The average Bonchev–Trinajstić information content (AvgIpc) is 2.94. The van der Waals surface area contributed by atoms with E-state index in [4.69, 9.17) is 4.74 Å². The zero-order valence-corrected chi connectivity index (χ0v) is 20.9. The van der Waals surface area contributed by atoms with Crippen LogP contribution in [0.4, 0.5) is 27.6 Å². The van der Waals surface area contributed by atoms with Crippen molar-refractivity contribution >= 4 is 27.5 Å². The average molecular weight is 576 g/mol. The molecule has 0 fully saturated rings. The van der Waals surface area contributed by atoms with Gasteiger partial charge in [-0.05, 0) is 35.9 Å². The summed E-state index contributed by atoms with van der Waals surface area (Å²) in [6, 6.07) is 19.8. The Labute approximate surface area is 224 Å². The number of amides is 2. The largest absolute Gasteiger partial charge is 0.489 e. The summed E-state index contributed by atoms with van der Waals surface area (Å²) in [7, 11) is -4.99. The molecule has 4 aromatic rings. The molecule has 0 aliphatic heterocycles. The molecular formula is C27H17F5N2O5S. The number of carbonyl (C=O) groups excluding carboxylic acids is 2. The molecule has 0 atom stereocenters. The Morgan fingerprint density at radius 2 is 1.30 bits per heavy atom. The highest BCUT2D eigenvalue weighted by Gasteiger charge is 2.32. The molecule has 0 bridgehead atoms. The summed E-state index contributed by atoms with van der Waals surface area (Å²) in [5.41, 5.74) is -1.39. The number of anilines is 1. The molecule has 0 saturated heterocycles. The normalized spacial score (nSPS) is 11.1. The fourth-order valence-corrected chi connectivity index (χ4v) is 4.62. The molecule has 0 heterocycles. The van der Waals surface area contributed by atoms with Crippen molar-refractivity contribution in [3.05, 3.63) is 125 Å². The predicted molar refractivity (Wildman–Crippen MR) is 132 cm³/mol. The van der Waals surface area contributed by atoms with Crippen LogP contribution in [0.5, 0.6) is 5.75 Å². The van der Waals surface area contributed by atoms with E-state index in [2.05, 4.69) is 5.32 Å². The summed E-state index contributed by atoms with van der Waals surface area (Å²) in [5.74, 6) is -15.0. The monoisotopic (exact) mass is 576 g/mol. The first-order valence-electron chi connectivity index (χ1n) is 11.3. The molecule has 4 rings (SSSR count). The molecule has 0 aromatic heterocycles. The Morgan fingerprint density at radius 3 is 1.98 bits per heavy atom. The van der Waals surface area contributed by atoms with Crippen LogP contribution < -0.4 is 14.8 Å². The highest BCUT2D eigenvalue weighted by Crippen LogP contribution is 2.26. The molecule has 13 heteroatoms. The molecule has 4 aromatic carbocycles. The zero-order valence-electron chi connectivity index (χ0n) is 20.1. The third kappa shape index (κ3) is 5.94. The Hall–Kier alpha value is -4.78. The lowest BCUT2D eigenvalue weighted by atomic mass is 10.1. The van der Waals surface area contributed by atoms with Crippen LogP contribution in [0, 0.1) is 29.1 Å². The van der Waals surface area contributed by atoms with Crippen LogP contribution in [0.2, 0.25) is 0 Å². The summed E-state index contributed by atoms with van der Waals surface area (Å²) in [6.45, 7) is 0.218. The molecule has 0 aliphatic carbocycles. The lowest BCUT2D eigenvalue weighted by molar-refractivity contribution is 0.0969. The first-order valence-corrected chi connectivity index (χ1v) is 12.7. The zero-order chi connectivity index (χ0) is 29.0. The van der Waals surface area contributed by atoms with Gasteiger partial charge in [0.15, 0.2) is 23.3 Å². The van der Waals surface area contributed by atoms with Gasteiger partial charge in [-0.3, -0.25) is 9.59 Å². The number of halogens is 5. The van der Waals surface area contributed by atoms with E-state index in [1.165, 1.54) is 35.1 Å². The molecule has 7 nitrogen and oxygen atoms in total. The van der Waals surface area contributed by atoms with E-state index >= 15 is 0 Å². The minimum atomic E-state index is -4.99. The van der Waals surface area contributed by atoms with Crippen molar-refractivity contribution in [2.24, 2.45) is 0 Å². The number of ether oxygens (including phenoxy) is 1. The fraction of sp³-hybridized carbons (Fsp3) is 0.0370. The van der Waals surface area contributed by atoms with Crippen LogP contribution in [0.15, 0.2) is 83.8 Å². The number of benzene rings is 4. The first kappa shape index (κ1) is 28.2. The second-order valence-electron chi connectivity index (χ2n) is 8.13. The summed E-state index contributed by atoms with van der Waals surface area (Å²) in [4.78, 5) is 24.5. The Bertz CT molecular complexity index is 1690. The van der Waals surface area contributed by atoms with Gasteiger partial charge in [-0.2, -0.15) is 0 Å². The van der Waals surface area contributed by atoms with Gasteiger partial charge in [0, 0.05) is 5.56 Å². The second kappa shape index (κ2) is 11.5. The second-order valence-corrected chi connectivity index (χ2v) is 9.78. The van der Waals surface area contributed by atoms with E-state index in [1.54, 1.807) is 6.07 Å². The van der Waals surface area contributed by atoms with Gasteiger partial charge in [-0.25, -0.2) is 35.1 Å². The highest BCUT2D eigenvalue weighted by atomic mass is 32.2. The molecule has 0 unspecified atom stereocenters. The minimum Gasteiger partial charge on any atom is -0.489 e. The lowest BCUT2D eigenvalue weighted by Crippen LogP contribution is -2.33. The van der Waals surface area contributed by atoms with Crippen LogP contribution in [0.25, 0.3) is 0 Å². The van der Waals surface area contributed by atoms with Crippen molar-refractivity contribution in [1.29, 1.82) is 0 Å². The maximum Gasteiger partial charge on any atom is 0.271 e. The molecule has 2 N–H and O–H groups in total. The number of hydrogen-bond acceptors (Lipinski definition) is 5. The smallest absolute Gasteiger partial charge is 0.271 e. The van der Waals surface area contributed by atoms with Gasteiger partial charge >= 0.3 is 0 Å². The van der Waals surface area contributed by atoms with E-state index in [0.717, 1.165) is 17.7 Å². The summed E-state index contributed by atoms with van der Waals surface area (Å²) in [5, 5.41) is 2.35. The van der Waals surface area contributed by atoms with Crippen molar-refractivity contribution in [2.45, 2.75) is 11.5 Å². The molecule has 206 valence electrons. The van der Waals surface area contributed by atoms with Crippen LogP contribution >= 0.6 is 0 Å². The highest BCUT2D eigenvalue weighted by molar-refractivity contribution is 7.90. The molecule has 0 spiro atoms. The van der Waals surface area contributed by atoms with E-state index in [-0.39, 0.29) is 17.9 Å². The Balaban J connectivity index is 1.55. The molecule has 2 amide bonds. The van der Waals surface area contributed by atoms with Crippen molar-refractivity contribution in [3.8, 4) is 5.75 Å². The van der Waals surface area contributed by atoms with Crippen molar-refractivity contribution < 1.29 is 44.7 Å². The van der Waals surface area contributed by atoms with Gasteiger partial charge < -0.3 is 10.1 Å². The summed E-state index contributed by atoms with van der Waals surface area (Å²) < 4.78 is 101. The maximum atomic E-state index is 14.0. The minimum absolute atomic E-state index is 0.0724. The Kier molecular flexibility index (Phi) is 8.14. The fourth-order valence-electron chi connectivity index (χ4n) is 3.50. The molecule has 0 saturated carbocycles. The number of rotatable bonds is 8. The van der Waals surface area contributed by atoms with E-state index < -0.39 is 61.4 Å². The van der Waals surface area contributed by atoms with Gasteiger partial charge in [-0.1, -0.05) is 48.5 Å². The topological polar surface area (TPSA) is 102 Å². The quantitative estimate of drug-likeness (QED) is 0.168. The molecular weight excluding hydrogens is 559 g/mol. The van der Waals surface area contributed by atoms with E-state index in [0.29, 0.717) is 5.75 Å². The van der Waals surface area contributed by atoms with Gasteiger partial charge in [-0.15, -0.1) is 0 Å². The third-order valence-corrected chi connectivity index (χ3v) is 6.82. The predicted octanol–water partition coefficient (Wildman–Crippen LogP) is 5.33. The van der Waals surface area contributed by atoms with Crippen molar-refractivity contribution in [2.75, 3.05) is 5.32 Å². The van der Waals surface area contributed by atoms with Gasteiger partial charge in [0.1, 0.15) is 22.8 Å². The van der Waals surface area contributed by atoms with Gasteiger partial charge in [0.25, 0.3) is 21.8 Å². The lowest BCUT2D eigenvalue weighted by Gasteiger charge is -2.14. The molecule has 0 aliphatic rings. The van der Waals surface area contributed by atoms with Gasteiger partial charge in [0.2, 0.25) is 5.82 Å². The summed E-state index contributed by atoms with van der Waals surface area (Å²) in [6.07, 6.45) is 0. The Morgan fingerprint density at radius 1 is 0.700 bits per heavy atom. The van der Waals surface area contributed by atoms with E-state index in [1.807, 2.05) is 30.3 Å². The SMILES string of the molecule is O=C(Nc1ccccc1S(=O)(=O)NC(=O)c1c(F)c(F)c(F)c(F)c1F)c1cccc(OCc2ccccc2)c1. The van der Waals surface area contributed by atoms with E-state index in [9.17, 15) is 40.0 Å². The number of sulfonamides is 1. The molecule has 40 heavy (non-hydrogen) atoms. The standard InChI is InChI=1S/C27H17F5N2O5S/c28-21-20(22(29)24(31)25(32)23(21)30)27(36)34-40(37,38)19-12-5-4-11-18(19)33-26(35)16-9-6-10-17(13-16)39-14-15-7-2-1-3-8-15/h1-13H,14H2,(H,33,35)(H,34,36). The maximum absolute atomic E-state index is 14.0. The first-order chi connectivity index (χ1) is 19.0.